The summed E-state index contributed by atoms with van der Waals surface area (Å²) in [6, 6.07) is 5.28. The molecule has 1 aromatic carbocycles. The molecule has 168 valence electrons. The number of benzene rings is 1. The lowest BCUT2D eigenvalue weighted by Crippen LogP contribution is -2.44. The Morgan fingerprint density at radius 1 is 1.31 bits per heavy atom. The van der Waals surface area contributed by atoms with Gasteiger partial charge in [0.2, 0.25) is 0 Å². The molecule has 9 heteroatoms. The lowest BCUT2D eigenvalue weighted by Gasteiger charge is -2.38. The van der Waals surface area contributed by atoms with Gasteiger partial charge in [-0.2, -0.15) is 0 Å². The number of aromatic carboxylic acids is 1. The van der Waals surface area contributed by atoms with Crippen molar-refractivity contribution >= 4 is 29.7 Å². The molecule has 1 aliphatic heterocycles. The Morgan fingerprint density at radius 2 is 2.06 bits per heavy atom. The molecule has 0 bridgehead atoms. The van der Waals surface area contributed by atoms with Gasteiger partial charge in [0.1, 0.15) is 11.3 Å². The maximum absolute atomic E-state index is 12.5. The smallest absolute Gasteiger partial charge is 0.341 e. The third-order valence-corrected chi connectivity index (χ3v) is 6.67. The van der Waals surface area contributed by atoms with E-state index in [1.807, 2.05) is 37.2 Å². The SMILES string of the molecule is COc1cc2c(cc1/C(C=N)=C/NSC1CC1)CN(C(C)C)n1cc(C(=O)O)c(=O)cc1-2. The molecule has 1 aliphatic carbocycles. The van der Waals surface area contributed by atoms with E-state index in [0.717, 1.165) is 16.7 Å². The van der Waals surface area contributed by atoms with Crippen molar-refractivity contribution in [3.05, 3.63) is 57.5 Å². The van der Waals surface area contributed by atoms with Crippen LogP contribution < -0.4 is 19.9 Å². The highest BCUT2D eigenvalue weighted by Crippen LogP contribution is 2.38. The Morgan fingerprint density at radius 3 is 2.66 bits per heavy atom. The summed E-state index contributed by atoms with van der Waals surface area (Å²) in [7, 11) is 1.57. The molecular formula is C23H26N4O4S. The normalized spacial score (nSPS) is 15.2. The number of ether oxygens (including phenoxy) is 1. The van der Waals surface area contributed by atoms with E-state index in [2.05, 4.69) is 4.72 Å². The van der Waals surface area contributed by atoms with E-state index in [-0.39, 0.29) is 11.6 Å². The third-order valence-electron chi connectivity index (χ3n) is 5.61. The zero-order chi connectivity index (χ0) is 23.0. The summed E-state index contributed by atoms with van der Waals surface area (Å²) >= 11 is 1.66. The number of allylic oxidation sites excluding steroid dienone is 1. The monoisotopic (exact) mass is 454 g/mol. The van der Waals surface area contributed by atoms with Crippen LogP contribution in [0.5, 0.6) is 5.75 Å². The second kappa shape index (κ2) is 8.74. The average Bonchev–Trinajstić information content (AvgIpc) is 3.59. The fraction of sp³-hybridized carbons (Fsp3) is 0.348. The number of nitrogens with zero attached hydrogens (tertiary/aromatic N) is 2. The van der Waals surface area contributed by atoms with E-state index in [4.69, 9.17) is 10.1 Å². The molecule has 8 nitrogen and oxygen atoms in total. The van der Waals surface area contributed by atoms with Crippen LogP contribution in [0, 0.1) is 5.41 Å². The molecule has 3 N–H and O–H groups in total. The average molecular weight is 455 g/mol. The van der Waals surface area contributed by atoms with E-state index >= 15 is 0 Å². The van der Waals surface area contributed by atoms with Crippen molar-refractivity contribution in [3.8, 4) is 17.0 Å². The molecule has 1 saturated carbocycles. The highest BCUT2D eigenvalue weighted by atomic mass is 32.2. The van der Waals surface area contributed by atoms with Crippen molar-refractivity contribution in [3.63, 3.8) is 0 Å². The Labute approximate surface area is 190 Å². The van der Waals surface area contributed by atoms with Gasteiger partial charge in [-0.3, -0.25) is 9.47 Å². The minimum atomic E-state index is -1.25. The molecular weight excluding hydrogens is 428 g/mol. The largest absolute Gasteiger partial charge is 0.496 e. The Hall–Kier alpha value is -3.20. The number of nitrogens with one attached hydrogen (secondary N) is 2. The van der Waals surface area contributed by atoms with Crippen molar-refractivity contribution in [1.82, 2.24) is 9.40 Å². The first kappa shape index (κ1) is 22.0. The molecule has 32 heavy (non-hydrogen) atoms. The van der Waals surface area contributed by atoms with Crippen LogP contribution in [0.25, 0.3) is 16.8 Å². The molecule has 0 spiro atoms. The summed E-state index contributed by atoms with van der Waals surface area (Å²) in [4.78, 5) is 24.0. The summed E-state index contributed by atoms with van der Waals surface area (Å²) < 4.78 is 10.6. The number of rotatable bonds is 8. The second-order valence-electron chi connectivity index (χ2n) is 8.17. The standard InChI is InChI=1S/C23H26N4O4S/c1-13(2)26-11-14-6-18(15(9-24)10-25-32-16-4-5-16)22(31-3)7-17(14)20-8-21(28)19(23(29)30)12-27(20)26/h6-10,12-13,16,24-25H,4-5,11H2,1-3H3,(H,29,30)/b15-10+,24-9?. The molecule has 0 amide bonds. The first-order valence-electron chi connectivity index (χ1n) is 10.4. The van der Waals surface area contributed by atoms with Crippen LogP contribution in [0.2, 0.25) is 0 Å². The minimum absolute atomic E-state index is 0.0611. The predicted octanol–water partition coefficient (Wildman–Crippen LogP) is 3.47. The van der Waals surface area contributed by atoms with Gasteiger partial charge in [0.15, 0.2) is 5.43 Å². The number of carboxylic acid groups (broad SMARTS) is 1. The fourth-order valence-electron chi connectivity index (χ4n) is 3.75. The van der Waals surface area contributed by atoms with Gasteiger partial charge in [0, 0.05) is 52.7 Å². The van der Waals surface area contributed by atoms with Crippen molar-refractivity contribution < 1.29 is 14.6 Å². The van der Waals surface area contributed by atoms with Crippen LogP contribution in [0.1, 0.15) is 48.2 Å². The predicted molar refractivity (Wildman–Crippen MR) is 127 cm³/mol. The molecule has 4 rings (SSSR count). The van der Waals surface area contributed by atoms with Gasteiger partial charge in [0.05, 0.1) is 19.3 Å². The van der Waals surface area contributed by atoms with Gasteiger partial charge < -0.3 is 25.0 Å². The van der Waals surface area contributed by atoms with Crippen LogP contribution in [0.15, 0.2) is 35.4 Å². The third kappa shape index (κ3) is 4.12. The summed E-state index contributed by atoms with van der Waals surface area (Å²) in [5, 5.41) is 20.0. The number of aromatic nitrogens is 1. The first-order valence-corrected chi connectivity index (χ1v) is 11.3. The van der Waals surface area contributed by atoms with E-state index < -0.39 is 11.4 Å². The van der Waals surface area contributed by atoms with Crippen LogP contribution >= 0.6 is 11.9 Å². The van der Waals surface area contributed by atoms with Crippen LogP contribution in [-0.4, -0.2) is 40.4 Å². The van der Waals surface area contributed by atoms with Gasteiger partial charge >= 0.3 is 5.97 Å². The number of hydrogen-bond acceptors (Lipinski definition) is 7. The van der Waals surface area contributed by atoms with Crippen molar-refractivity contribution in [2.24, 2.45) is 0 Å². The van der Waals surface area contributed by atoms with Gasteiger partial charge in [0.25, 0.3) is 0 Å². The maximum Gasteiger partial charge on any atom is 0.341 e. The zero-order valence-corrected chi connectivity index (χ0v) is 19.0. The van der Waals surface area contributed by atoms with Crippen LogP contribution in [0.3, 0.4) is 0 Å². The van der Waals surface area contributed by atoms with E-state index in [0.29, 0.717) is 28.8 Å². The Kier molecular flexibility index (Phi) is 6.01. The molecule has 2 aliphatic rings. The lowest BCUT2D eigenvalue weighted by molar-refractivity contribution is 0.0694. The second-order valence-corrected chi connectivity index (χ2v) is 9.30. The van der Waals surface area contributed by atoms with Gasteiger partial charge in [-0.25, -0.2) is 4.79 Å². The highest BCUT2D eigenvalue weighted by molar-refractivity contribution is 7.98. The van der Waals surface area contributed by atoms with Crippen molar-refractivity contribution in [2.45, 2.75) is 44.5 Å². The van der Waals surface area contributed by atoms with Gasteiger partial charge in [-0.15, -0.1) is 0 Å². The zero-order valence-electron chi connectivity index (χ0n) is 18.2. The van der Waals surface area contributed by atoms with Crippen molar-refractivity contribution in [2.75, 3.05) is 12.1 Å². The molecule has 0 saturated heterocycles. The number of fused-ring (bicyclic) bond motifs is 3. The van der Waals surface area contributed by atoms with Crippen molar-refractivity contribution in [1.29, 1.82) is 5.41 Å². The molecule has 1 aromatic heterocycles. The summed E-state index contributed by atoms with van der Waals surface area (Å²) in [6.07, 6.45) is 6.93. The summed E-state index contributed by atoms with van der Waals surface area (Å²) in [6.45, 7) is 4.55. The number of carboxylic acids is 1. The molecule has 2 aromatic rings. The van der Waals surface area contributed by atoms with Crippen LogP contribution in [0.4, 0.5) is 0 Å². The summed E-state index contributed by atoms with van der Waals surface area (Å²) in [5.41, 5.74) is 3.07. The Bertz CT molecular complexity index is 1170. The number of carbonyl (C=O) groups is 1. The maximum atomic E-state index is 12.5. The number of hydrogen-bond donors (Lipinski definition) is 3. The Balaban J connectivity index is 1.84. The van der Waals surface area contributed by atoms with Gasteiger partial charge in [-0.05, 0) is 56.3 Å². The minimum Gasteiger partial charge on any atom is -0.496 e. The summed E-state index contributed by atoms with van der Waals surface area (Å²) in [5.74, 6) is -0.666. The fourth-order valence-corrected chi connectivity index (χ4v) is 4.50. The lowest BCUT2D eigenvalue weighted by atomic mass is 9.94. The highest BCUT2D eigenvalue weighted by Gasteiger charge is 2.27. The quantitative estimate of drug-likeness (QED) is 0.414. The molecule has 2 heterocycles. The van der Waals surface area contributed by atoms with Crippen LogP contribution in [-0.2, 0) is 6.54 Å². The molecule has 1 fully saturated rings. The molecule has 0 unspecified atom stereocenters. The van der Waals surface area contributed by atoms with E-state index in [9.17, 15) is 14.7 Å². The molecule has 0 radical (unpaired) electrons. The van der Waals surface area contributed by atoms with E-state index in [1.54, 1.807) is 23.7 Å². The number of methoxy groups -OCH3 is 1. The topological polar surface area (TPSA) is 108 Å². The first-order chi connectivity index (χ1) is 15.3. The van der Waals surface area contributed by atoms with Gasteiger partial charge in [-0.1, -0.05) is 0 Å². The molecule has 0 atom stereocenters. The number of pyridine rings is 1. The van der Waals surface area contributed by atoms with E-state index in [1.165, 1.54) is 31.3 Å².